The Hall–Kier alpha value is -3.41. The van der Waals surface area contributed by atoms with E-state index in [1.54, 1.807) is 66.1 Å². The van der Waals surface area contributed by atoms with Crippen LogP contribution in [0, 0.1) is 29.1 Å². The number of para-hydroxylation sites is 2. The van der Waals surface area contributed by atoms with Gasteiger partial charge in [0.05, 0.1) is 46.5 Å². The van der Waals surface area contributed by atoms with Gasteiger partial charge in [0.2, 0.25) is 11.8 Å². The summed E-state index contributed by atoms with van der Waals surface area (Å²) in [6, 6.07) is 15.3. The number of aliphatic hydroxyl groups excluding tert-OH is 2. The summed E-state index contributed by atoms with van der Waals surface area (Å²) in [6.07, 6.45) is -2.27. The van der Waals surface area contributed by atoms with Gasteiger partial charge in [-0.15, -0.1) is 24.8 Å². The van der Waals surface area contributed by atoms with Gasteiger partial charge < -0.3 is 20.8 Å². The number of likely N-dealkylation sites (N-methyl/N-ethyl adjacent to an activating group) is 2. The van der Waals surface area contributed by atoms with Crippen molar-refractivity contribution in [2.45, 2.75) is 62.8 Å². The van der Waals surface area contributed by atoms with Crippen molar-refractivity contribution in [3.05, 3.63) is 130 Å². The molecule has 0 aromatic heterocycles. The Morgan fingerprint density at radius 1 is 0.579 bits per heavy atom. The third-order valence-electron chi connectivity index (χ3n) is 9.84. The summed E-state index contributed by atoms with van der Waals surface area (Å²) in [7, 11) is 3.26. The number of fused-ring (bicyclic) bond motifs is 2. The minimum absolute atomic E-state index is 0. The fourth-order valence-corrected chi connectivity index (χ4v) is 7.26. The van der Waals surface area contributed by atoms with E-state index in [4.69, 9.17) is 0 Å². The molecule has 0 saturated heterocycles. The largest absolute Gasteiger partial charge is 0.389 e. The monoisotopic (exact) mass is 878 g/mol. The maximum absolute atomic E-state index is 14.7. The van der Waals surface area contributed by atoms with Crippen LogP contribution in [-0.2, 0) is 20.4 Å². The molecule has 4 N–H and O–H groups in total. The molecule has 0 radical (unpaired) electrons. The Morgan fingerprint density at radius 3 is 1.33 bits per heavy atom. The molecular formula is C40H49Cl2F5N4O4S2. The lowest BCUT2D eigenvalue weighted by Crippen LogP contribution is -2.46. The van der Waals surface area contributed by atoms with Crippen molar-refractivity contribution in [3.63, 3.8) is 0 Å². The van der Waals surface area contributed by atoms with Crippen molar-refractivity contribution in [1.82, 2.24) is 10.6 Å². The summed E-state index contributed by atoms with van der Waals surface area (Å²) < 4.78 is 70.9. The summed E-state index contributed by atoms with van der Waals surface area (Å²) in [5.41, 5.74) is -0.331. The maximum atomic E-state index is 14.7. The third-order valence-corrected chi connectivity index (χ3v) is 9.84. The zero-order valence-corrected chi connectivity index (χ0v) is 35.7. The average Bonchev–Trinajstić information content (AvgIpc) is 3.41. The molecule has 0 spiro atoms. The van der Waals surface area contributed by atoms with E-state index in [0.717, 1.165) is 17.0 Å². The Bertz CT molecular complexity index is 2010. The van der Waals surface area contributed by atoms with Crippen LogP contribution in [0.15, 0.2) is 78.9 Å². The average molecular weight is 880 g/mol. The van der Waals surface area contributed by atoms with E-state index in [1.165, 1.54) is 41.3 Å². The van der Waals surface area contributed by atoms with E-state index in [0.29, 0.717) is 22.8 Å². The summed E-state index contributed by atoms with van der Waals surface area (Å²) in [6.45, 7) is 6.95. The molecule has 17 heteroatoms. The van der Waals surface area contributed by atoms with Crippen LogP contribution in [0.2, 0.25) is 0 Å². The van der Waals surface area contributed by atoms with Gasteiger partial charge in [0.15, 0.2) is 0 Å². The first-order chi connectivity index (χ1) is 25.0. The third kappa shape index (κ3) is 9.90. The molecular weight excluding hydrogens is 830 g/mol. The molecule has 4 aromatic rings. The van der Waals surface area contributed by atoms with Gasteiger partial charge in [-0.2, -0.15) is 27.0 Å². The molecule has 314 valence electrons. The molecule has 2 aliphatic heterocycles. The lowest BCUT2D eigenvalue weighted by atomic mass is 9.86. The van der Waals surface area contributed by atoms with Gasteiger partial charge in [-0.3, -0.25) is 19.4 Å². The first-order valence-electron chi connectivity index (χ1n) is 17.1. The molecule has 0 unspecified atom stereocenters. The number of anilines is 2. The normalized spacial score (nSPS) is 16.6. The molecule has 4 aromatic carbocycles. The Balaban J connectivity index is 0.000000533. The summed E-state index contributed by atoms with van der Waals surface area (Å²) >= 11 is 0. The maximum Gasteiger partial charge on any atom is 0.237 e. The topological polar surface area (TPSA) is 105 Å². The molecule has 6 rings (SSSR count). The minimum Gasteiger partial charge on any atom is -0.389 e. The minimum atomic E-state index is -1.22. The highest BCUT2D eigenvalue weighted by atomic mass is 35.5. The van der Waals surface area contributed by atoms with Gasteiger partial charge in [0.25, 0.3) is 0 Å². The van der Waals surface area contributed by atoms with Crippen LogP contribution in [0.5, 0.6) is 0 Å². The molecule has 2 amide bonds. The van der Waals surface area contributed by atoms with Crippen molar-refractivity contribution in [3.8, 4) is 0 Å². The number of carbonyl (C=O) groups is 2. The number of amides is 2. The Kier molecular flexibility index (Phi) is 18.6. The SMILES string of the molecule is CNC[C@@H](O)[C@H](c1cc(F)cc(F)c1)N1C(=O)C(C)(C)c2cccc(F)c21.CNC[C@@H](O)[C@H](c1cccc(F)c1)N1C(=O)C(C)(C)c2cccc(F)c21.Cl.Cl.S.S. The molecule has 0 aliphatic carbocycles. The summed E-state index contributed by atoms with van der Waals surface area (Å²) in [5, 5.41) is 27.0. The molecule has 0 saturated carbocycles. The van der Waals surface area contributed by atoms with Crippen LogP contribution in [0.1, 0.15) is 62.0 Å². The van der Waals surface area contributed by atoms with Crippen molar-refractivity contribution in [2.75, 3.05) is 37.0 Å². The molecule has 0 bridgehead atoms. The smallest absolute Gasteiger partial charge is 0.237 e. The van der Waals surface area contributed by atoms with E-state index in [1.807, 2.05) is 0 Å². The number of nitrogens with one attached hydrogen (secondary N) is 2. The van der Waals surface area contributed by atoms with Crippen LogP contribution >= 0.6 is 51.8 Å². The highest BCUT2D eigenvalue weighted by Gasteiger charge is 2.51. The van der Waals surface area contributed by atoms with Crippen LogP contribution in [0.3, 0.4) is 0 Å². The molecule has 57 heavy (non-hydrogen) atoms. The second-order valence-electron chi connectivity index (χ2n) is 14.3. The van der Waals surface area contributed by atoms with Gasteiger partial charge >= 0.3 is 0 Å². The van der Waals surface area contributed by atoms with E-state index in [2.05, 4.69) is 10.6 Å². The number of carbonyl (C=O) groups excluding carboxylic acids is 2. The number of benzene rings is 4. The molecule has 2 aliphatic rings. The molecule has 8 nitrogen and oxygen atoms in total. The highest BCUT2D eigenvalue weighted by molar-refractivity contribution is 7.59. The van der Waals surface area contributed by atoms with Crippen LogP contribution in [-0.4, -0.2) is 61.4 Å². The van der Waals surface area contributed by atoms with Gasteiger partial charge in [0, 0.05) is 19.2 Å². The number of halogens is 7. The second kappa shape index (κ2) is 20.5. The van der Waals surface area contributed by atoms with E-state index < -0.39 is 70.1 Å². The quantitative estimate of drug-likeness (QED) is 0.128. The Morgan fingerprint density at radius 2 is 0.947 bits per heavy atom. The predicted molar refractivity (Wildman–Crippen MR) is 227 cm³/mol. The van der Waals surface area contributed by atoms with Crippen molar-refractivity contribution >= 4 is 75.0 Å². The van der Waals surface area contributed by atoms with Crippen molar-refractivity contribution in [1.29, 1.82) is 0 Å². The van der Waals surface area contributed by atoms with E-state index >= 15 is 0 Å². The van der Waals surface area contributed by atoms with Gasteiger partial charge in [0.1, 0.15) is 29.1 Å². The first kappa shape index (κ1) is 51.6. The summed E-state index contributed by atoms with van der Waals surface area (Å²) in [4.78, 5) is 28.8. The lowest BCUT2D eigenvalue weighted by molar-refractivity contribution is -0.123. The van der Waals surface area contributed by atoms with E-state index in [-0.39, 0.29) is 87.7 Å². The van der Waals surface area contributed by atoms with E-state index in [9.17, 15) is 41.8 Å². The lowest BCUT2D eigenvalue weighted by Gasteiger charge is -2.34. The fraction of sp³-hybridized carbons (Fsp3) is 0.350. The van der Waals surface area contributed by atoms with Crippen LogP contribution in [0.4, 0.5) is 33.3 Å². The molecule has 4 atom stereocenters. The number of aliphatic hydroxyl groups is 2. The van der Waals surface area contributed by atoms with Crippen LogP contribution < -0.4 is 20.4 Å². The summed E-state index contributed by atoms with van der Waals surface area (Å²) in [5.74, 6) is -4.12. The number of hydrogen-bond acceptors (Lipinski definition) is 6. The predicted octanol–water partition coefficient (Wildman–Crippen LogP) is 7.03. The van der Waals surface area contributed by atoms with Crippen LogP contribution in [0.25, 0.3) is 0 Å². The highest BCUT2D eigenvalue weighted by Crippen LogP contribution is 2.49. The number of nitrogens with zero attached hydrogens (tertiary/aromatic N) is 2. The Labute approximate surface area is 355 Å². The molecule has 0 fully saturated rings. The second-order valence-corrected chi connectivity index (χ2v) is 14.3. The van der Waals surface area contributed by atoms with Gasteiger partial charge in [-0.05, 0) is 100 Å². The number of rotatable bonds is 10. The van der Waals surface area contributed by atoms with Crippen molar-refractivity contribution in [2.24, 2.45) is 0 Å². The zero-order chi connectivity index (χ0) is 39.0. The standard InChI is InChI=1S/C20H21F3N2O2.C20H22F2N2O2.2ClH.2H2S/c1-20(2)14-5-4-6-15(23)18(14)25(19(20)27)17(16(26)10-24-3)11-7-12(21)9-13(22)8-11;1-20(2)14-8-5-9-15(22)18(14)24(19(20)26)17(16(25)11-23-3)12-6-4-7-13(21)10-12;;;;/h4-9,16-17,24,26H,10H2,1-3H3;4-10,16-17,23,25H,11H2,1-3H3;2*1H;2*1H2/t2*16-,17+;;;;/m11..../s1. The molecule has 2 heterocycles. The van der Waals surface area contributed by atoms with Gasteiger partial charge in [-0.1, -0.05) is 36.4 Å². The zero-order valence-electron chi connectivity index (χ0n) is 32.0. The fourth-order valence-electron chi connectivity index (χ4n) is 7.26. The number of hydrogen-bond donors (Lipinski definition) is 4. The van der Waals surface area contributed by atoms with Gasteiger partial charge in [-0.25, -0.2) is 22.0 Å². The van der Waals surface area contributed by atoms with Crippen molar-refractivity contribution < 1.29 is 41.8 Å². The first-order valence-corrected chi connectivity index (χ1v) is 17.1.